The normalized spacial score (nSPS) is 17.1. The van der Waals surface area contributed by atoms with Crippen LogP contribution in [-0.2, 0) is 0 Å². The first-order chi connectivity index (χ1) is 8.86. The van der Waals surface area contributed by atoms with E-state index < -0.39 is 0 Å². The molecule has 2 nitrogen and oxygen atoms in total. The minimum Gasteiger partial charge on any atom is -0.315 e. The highest BCUT2D eigenvalue weighted by Crippen LogP contribution is 2.34. The lowest BCUT2D eigenvalue weighted by Crippen LogP contribution is -2.38. The third kappa shape index (κ3) is 3.56. The maximum atomic E-state index is 3.53. The number of hydrogen-bond donors (Lipinski definition) is 1. The second-order valence-electron chi connectivity index (χ2n) is 5.20. The standard InChI is InChI=1S/C16H26N2/c1-3-12-18(15-10-11-15)16(13-17-4-2)14-8-6-5-7-9-14/h5-9,15-17H,3-4,10-13H2,1-2H3. The number of benzene rings is 1. The molecule has 0 saturated heterocycles. The van der Waals surface area contributed by atoms with E-state index in [9.17, 15) is 0 Å². The van der Waals surface area contributed by atoms with Gasteiger partial charge in [0.05, 0.1) is 0 Å². The maximum Gasteiger partial charge on any atom is 0.0475 e. The molecule has 0 bridgehead atoms. The molecule has 0 aliphatic heterocycles. The van der Waals surface area contributed by atoms with Gasteiger partial charge in [-0.1, -0.05) is 44.2 Å². The summed E-state index contributed by atoms with van der Waals surface area (Å²) in [4.78, 5) is 2.71. The number of hydrogen-bond acceptors (Lipinski definition) is 2. The van der Waals surface area contributed by atoms with Crippen molar-refractivity contribution in [2.75, 3.05) is 19.6 Å². The predicted molar refractivity (Wildman–Crippen MR) is 77.7 cm³/mol. The fourth-order valence-electron chi connectivity index (χ4n) is 2.64. The summed E-state index contributed by atoms with van der Waals surface area (Å²) in [5.74, 6) is 0. The van der Waals surface area contributed by atoms with Crippen LogP contribution in [-0.4, -0.2) is 30.6 Å². The largest absolute Gasteiger partial charge is 0.315 e. The zero-order chi connectivity index (χ0) is 12.8. The summed E-state index contributed by atoms with van der Waals surface area (Å²) in [5.41, 5.74) is 1.46. The lowest BCUT2D eigenvalue weighted by molar-refractivity contribution is 0.183. The molecule has 1 aliphatic rings. The summed E-state index contributed by atoms with van der Waals surface area (Å²) in [7, 11) is 0. The first-order valence-electron chi connectivity index (χ1n) is 7.38. The smallest absolute Gasteiger partial charge is 0.0475 e. The lowest BCUT2D eigenvalue weighted by Gasteiger charge is -2.32. The Morgan fingerprint density at radius 3 is 2.50 bits per heavy atom. The molecule has 0 spiro atoms. The molecule has 1 saturated carbocycles. The first-order valence-corrected chi connectivity index (χ1v) is 7.38. The van der Waals surface area contributed by atoms with E-state index in [0.29, 0.717) is 6.04 Å². The molecular weight excluding hydrogens is 220 g/mol. The van der Waals surface area contributed by atoms with Crippen molar-refractivity contribution in [3.8, 4) is 0 Å². The Bertz CT molecular complexity index is 332. The first kappa shape index (κ1) is 13.6. The monoisotopic (exact) mass is 246 g/mol. The summed E-state index contributed by atoms with van der Waals surface area (Å²) in [6, 6.07) is 12.3. The predicted octanol–water partition coefficient (Wildman–Crippen LogP) is 3.21. The van der Waals surface area contributed by atoms with Crippen molar-refractivity contribution >= 4 is 0 Å². The summed E-state index contributed by atoms with van der Waals surface area (Å²) in [5, 5.41) is 3.53. The maximum absolute atomic E-state index is 3.53. The Balaban J connectivity index is 2.12. The van der Waals surface area contributed by atoms with Gasteiger partial charge in [-0.2, -0.15) is 0 Å². The highest BCUT2D eigenvalue weighted by atomic mass is 15.2. The van der Waals surface area contributed by atoms with Gasteiger partial charge < -0.3 is 5.32 Å². The Morgan fingerprint density at radius 1 is 1.22 bits per heavy atom. The zero-order valence-electron chi connectivity index (χ0n) is 11.7. The Labute approximate surface area is 111 Å². The number of nitrogens with one attached hydrogen (secondary N) is 1. The SMILES string of the molecule is CCCN(C1CC1)C(CNCC)c1ccccc1. The molecule has 0 heterocycles. The van der Waals surface area contributed by atoms with Crippen LogP contribution in [0.3, 0.4) is 0 Å². The molecule has 1 N–H and O–H groups in total. The summed E-state index contributed by atoms with van der Waals surface area (Å²) in [6.45, 7) is 7.80. The van der Waals surface area contributed by atoms with Gasteiger partial charge in [0.1, 0.15) is 0 Å². The molecule has 0 amide bonds. The van der Waals surface area contributed by atoms with E-state index in [1.807, 2.05) is 0 Å². The second kappa shape index (κ2) is 6.91. The van der Waals surface area contributed by atoms with Gasteiger partial charge in [-0.05, 0) is 37.9 Å². The molecular formula is C16H26N2. The minimum absolute atomic E-state index is 0.540. The minimum atomic E-state index is 0.540. The fourth-order valence-corrected chi connectivity index (χ4v) is 2.64. The molecule has 1 unspecified atom stereocenters. The van der Waals surface area contributed by atoms with Gasteiger partial charge in [-0.15, -0.1) is 0 Å². The molecule has 100 valence electrons. The van der Waals surface area contributed by atoms with Crippen molar-refractivity contribution in [3.05, 3.63) is 35.9 Å². The topological polar surface area (TPSA) is 15.3 Å². The molecule has 1 atom stereocenters. The molecule has 2 rings (SSSR count). The van der Waals surface area contributed by atoms with E-state index in [4.69, 9.17) is 0 Å². The van der Waals surface area contributed by atoms with Crippen LogP contribution in [0.15, 0.2) is 30.3 Å². The molecule has 1 aliphatic carbocycles. The number of rotatable bonds is 8. The molecule has 1 aromatic rings. The highest BCUT2D eigenvalue weighted by Gasteiger charge is 2.33. The van der Waals surface area contributed by atoms with Crippen LogP contribution in [0.2, 0.25) is 0 Å². The Morgan fingerprint density at radius 2 is 1.94 bits per heavy atom. The summed E-state index contributed by atoms with van der Waals surface area (Å²) in [6.07, 6.45) is 4.01. The molecule has 2 heteroatoms. The van der Waals surface area contributed by atoms with Crippen LogP contribution < -0.4 is 5.32 Å². The Kier molecular flexibility index (Phi) is 5.21. The molecule has 1 fully saturated rings. The van der Waals surface area contributed by atoms with Crippen LogP contribution >= 0.6 is 0 Å². The summed E-state index contributed by atoms with van der Waals surface area (Å²) >= 11 is 0. The fraction of sp³-hybridized carbons (Fsp3) is 0.625. The van der Waals surface area contributed by atoms with E-state index >= 15 is 0 Å². The van der Waals surface area contributed by atoms with Gasteiger partial charge in [-0.3, -0.25) is 4.90 Å². The van der Waals surface area contributed by atoms with E-state index in [1.54, 1.807) is 0 Å². The third-order valence-electron chi connectivity index (χ3n) is 3.67. The van der Waals surface area contributed by atoms with E-state index in [0.717, 1.165) is 19.1 Å². The van der Waals surface area contributed by atoms with Crippen molar-refractivity contribution in [2.24, 2.45) is 0 Å². The van der Waals surface area contributed by atoms with Gasteiger partial charge in [0.15, 0.2) is 0 Å². The van der Waals surface area contributed by atoms with Crippen LogP contribution in [0.4, 0.5) is 0 Å². The van der Waals surface area contributed by atoms with Crippen LogP contribution in [0, 0.1) is 0 Å². The zero-order valence-corrected chi connectivity index (χ0v) is 11.7. The van der Waals surface area contributed by atoms with Gasteiger partial charge in [0, 0.05) is 18.6 Å². The van der Waals surface area contributed by atoms with Crippen LogP contribution in [0.1, 0.15) is 44.7 Å². The van der Waals surface area contributed by atoms with Crippen molar-refractivity contribution in [3.63, 3.8) is 0 Å². The quantitative estimate of drug-likeness (QED) is 0.757. The average molecular weight is 246 g/mol. The van der Waals surface area contributed by atoms with E-state index in [1.165, 1.54) is 31.4 Å². The van der Waals surface area contributed by atoms with Crippen LogP contribution in [0.5, 0.6) is 0 Å². The van der Waals surface area contributed by atoms with Gasteiger partial charge in [-0.25, -0.2) is 0 Å². The highest BCUT2D eigenvalue weighted by molar-refractivity contribution is 5.20. The number of likely N-dealkylation sites (N-methyl/N-ethyl adjacent to an activating group) is 1. The van der Waals surface area contributed by atoms with Crippen molar-refractivity contribution < 1.29 is 0 Å². The molecule has 1 aromatic carbocycles. The third-order valence-corrected chi connectivity index (χ3v) is 3.67. The van der Waals surface area contributed by atoms with Crippen molar-refractivity contribution in [1.82, 2.24) is 10.2 Å². The molecule has 0 aromatic heterocycles. The van der Waals surface area contributed by atoms with E-state index in [2.05, 4.69) is 54.4 Å². The van der Waals surface area contributed by atoms with Crippen molar-refractivity contribution in [1.29, 1.82) is 0 Å². The average Bonchev–Trinajstić information content (AvgIpc) is 3.23. The molecule has 0 radical (unpaired) electrons. The van der Waals surface area contributed by atoms with Gasteiger partial charge in [0.25, 0.3) is 0 Å². The Hall–Kier alpha value is -0.860. The van der Waals surface area contributed by atoms with Crippen LogP contribution in [0.25, 0.3) is 0 Å². The second-order valence-corrected chi connectivity index (χ2v) is 5.20. The molecule has 18 heavy (non-hydrogen) atoms. The van der Waals surface area contributed by atoms with Gasteiger partial charge >= 0.3 is 0 Å². The number of nitrogens with zero attached hydrogens (tertiary/aromatic N) is 1. The van der Waals surface area contributed by atoms with Gasteiger partial charge in [0.2, 0.25) is 0 Å². The summed E-state index contributed by atoms with van der Waals surface area (Å²) < 4.78 is 0. The van der Waals surface area contributed by atoms with Crippen molar-refractivity contribution in [2.45, 2.75) is 45.2 Å². The van der Waals surface area contributed by atoms with E-state index in [-0.39, 0.29) is 0 Å². The lowest BCUT2D eigenvalue weighted by atomic mass is 10.0.